The van der Waals surface area contributed by atoms with Gasteiger partial charge in [0.1, 0.15) is 17.3 Å². The predicted molar refractivity (Wildman–Crippen MR) is 151 cm³/mol. The van der Waals surface area contributed by atoms with Crippen molar-refractivity contribution < 1.29 is 14.2 Å². The second-order valence-electron chi connectivity index (χ2n) is 10.1. The summed E-state index contributed by atoms with van der Waals surface area (Å²) < 4.78 is 17.0. The number of anilines is 1. The number of aliphatic imine (C=N–C) groups is 1. The average Bonchev–Trinajstić information content (AvgIpc) is 3.44. The van der Waals surface area contributed by atoms with Crippen LogP contribution in [0.25, 0.3) is 22.3 Å². The van der Waals surface area contributed by atoms with Crippen LogP contribution in [0.4, 0.5) is 5.82 Å². The Hall–Kier alpha value is -3.49. The minimum atomic E-state index is 0.302. The third-order valence-electron chi connectivity index (χ3n) is 7.57. The molecule has 3 aliphatic rings. The Morgan fingerprint density at radius 2 is 2.00 bits per heavy atom. The molecule has 1 fully saturated rings. The van der Waals surface area contributed by atoms with Crippen LogP contribution in [-0.2, 0) is 4.74 Å². The lowest BCUT2D eigenvalue weighted by atomic mass is 9.90. The first kappa shape index (κ1) is 24.8. The van der Waals surface area contributed by atoms with Crippen molar-refractivity contribution in [2.24, 2.45) is 4.99 Å². The molecule has 8 heteroatoms. The molecule has 198 valence electrons. The summed E-state index contributed by atoms with van der Waals surface area (Å²) in [5, 5.41) is 4.70. The van der Waals surface area contributed by atoms with Gasteiger partial charge in [-0.25, -0.2) is 9.97 Å². The van der Waals surface area contributed by atoms with Crippen LogP contribution in [0, 0.1) is 0 Å². The van der Waals surface area contributed by atoms with Gasteiger partial charge in [0.05, 0.1) is 39.0 Å². The van der Waals surface area contributed by atoms with Crippen LogP contribution in [0.3, 0.4) is 0 Å². The number of hydrogen-bond acceptors (Lipinski definition) is 8. The summed E-state index contributed by atoms with van der Waals surface area (Å²) in [6.45, 7) is 6.23. The molecule has 1 saturated heterocycles. The zero-order chi connectivity index (χ0) is 25.7. The van der Waals surface area contributed by atoms with Crippen LogP contribution in [0.15, 0.2) is 58.6 Å². The van der Waals surface area contributed by atoms with Crippen LogP contribution in [-0.4, -0.2) is 80.2 Å². The first-order valence-corrected chi connectivity index (χ1v) is 13.6. The van der Waals surface area contributed by atoms with E-state index in [0.29, 0.717) is 18.5 Å². The molecule has 1 aromatic heterocycles. The van der Waals surface area contributed by atoms with E-state index in [1.165, 1.54) is 11.1 Å². The number of nitrogens with zero attached hydrogens (tertiary/aromatic N) is 4. The van der Waals surface area contributed by atoms with Crippen LogP contribution in [0.2, 0.25) is 0 Å². The molecule has 6 rings (SSSR count). The topological polar surface area (TPSA) is 81.1 Å². The van der Waals surface area contributed by atoms with E-state index in [1.54, 1.807) is 7.11 Å². The van der Waals surface area contributed by atoms with Crippen LogP contribution < -0.4 is 14.8 Å². The molecule has 0 amide bonds. The average molecular weight is 514 g/mol. The van der Waals surface area contributed by atoms with Gasteiger partial charge in [0.2, 0.25) is 0 Å². The zero-order valence-electron chi connectivity index (χ0n) is 22.0. The Labute approximate surface area is 223 Å². The maximum absolute atomic E-state index is 6.11. The van der Waals surface area contributed by atoms with Gasteiger partial charge < -0.3 is 19.5 Å². The number of rotatable bonds is 9. The highest BCUT2D eigenvalue weighted by Crippen LogP contribution is 2.33. The molecule has 1 unspecified atom stereocenters. The summed E-state index contributed by atoms with van der Waals surface area (Å²) in [5.74, 6) is 3.15. The zero-order valence-corrected chi connectivity index (χ0v) is 22.0. The molecule has 2 aliphatic heterocycles. The highest BCUT2D eigenvalue weighted by atomic mass is 16.5. The Morgan fingerprint density at radius 3 is 2.89 bits per heavy atom. The van der Waals surface area contributed by atoms with Crippen LogP contribution >= 0.6 is 0 Å². The summed E-state index contributed by atoms with van der Waals surface area (Å²) in [5.41, 5.74) is 4.68. The molecule has 0 saturated carbocycles. The molecule has 38 heavy (non-hydrogen) atoms. The molecule has 0 radical (unpaired) electrons. The molecule has 1 N–H and O–H groups in total. The maximum Gasteiger partial charge on any atom is 0.162 e. The number of methoxy groups -OCH3 is 1. The standard InChI is InChI=1S/C30H35N5O3/c1-36-25-8-9-28-27(18-25)30(32-24-7-6-22-19-31-20-23(22)16-24)34-29(33-28)21-4-2-5-26(17-21)38-13-3-10-35-11-14-37-15-12-35/h2,4-5,8-9,17-18,20,24H,3,6-7,10-16,19H2,1H3,(H,32,33,34). The second-order valence-corrected chi connectivity index (χ2v) is 10.1. The molecule has 0 bridgehead atoms. The van der Waals surface area contributed by atoms with Crippen LogP contribution in [0.1, 0.15) is 25.7 Å². The number of fused-ring (bicyclic) bond motifs is 1. The van der Waals surface area contributed by atoms with Crippen molar-refractivity contribution in [1.29, 1.82) is 0 Å². The second kappa shape index (κ2) is 11.5. The summed E-state index contributed by atoms with van der Waals surface area (Å²) >= 11 is 0. The summed E-state index contributed by atoms with van der Waals surface area (Å²) in [4.78, 5) is 16.8. The molecule has 0 spiro atoms. The van der Waals surface area contributed by atoms with E-state index in [-0.39, 0.29) is 0 Å². The third kappa shape index (κ3) is 5.66. The van der Waals surface area contributed by atoms with Crippen molar-refractivity contribution in [3.05, 3.63) is 53.6 Å². The Kier molecular flexibility index (Phi) is 7.51. The minimum absolute atomic E-state index is 0.302. The van der Waals surface area contributed by atoms with Gasteiger partial charge in [-0.05, 0) is 67.2 Å². The van der Waals surface area contributed by atoms with Gasteiger partial charge in [0.25, 0.3) is 0 Å². The fourth-order valence-corrected chi connectivity index (χ4v) is 5.43. The van der Waals surface area contributed by atoms with Gasteiger partial charge in [-0.1, -0.05) is 12.1 Å². The number of nitrogens with one attached hydrogen (secondary N) is 1. The van der Waals surface area contributed by atoms with E-state index in [1.807, 2.05) is 48.7 Å². The fourth-order valence-electron chi connectivity index (χ4n) is 5.43. The quantitative estimate of drug-likeness (QED) is 0.414. The first-order valence-electron chi connectivity index (χ1n) is 13.6. The molecule has 3 heterocycles. The summed E-state index contributed by atoms with van der Waals surface area (Å²) in [6, 6.07) is 14.4. The van der Waals surface area contributed by atoms with Crippen molar-refractivity contribution in [3.63, 3.8) is 0 Å². The molecular weight excluding hydrogens is 478 g/mol. The molecule has 3 aromatic rings. The Balaban J connectivity index is 1.21. The lowest BCUT2D eigenvalue weighted by Crippen LogP contribution is -2.37. The SMILES string of the molecule is COc1ccc2nc(-c3cccc(OCCCN4CCOCC4)c3)nc(NC3CCC4=C(C=NC4)C3)c2c1. The van der Waals surface area contributed by atoms with Crippen molar-refractivity contribution >= 4 is 22.9 Å². The fraction of sp³-hybridized carbons (Fsp3) is 0.433. The number of hydrogen-bond donors (Lipinski definition) is 1. The predicted octanol–water partition coefficient (Wildman–Crippen LogP) is 4.75. The number of benzene rings is 2. The normalized spacial score (nSPS) is 19.6. The molecule has 2 aromatic carbocycles. The van der Waals surface area contributed by atoms with Gasteiger partial charge in [0.15, 0.2) is 5.82 Å². The lowest BCUT2D eigenvalue weighted by molar-refractivity contribution is 0.0358. The molecular formula is C30H35N5O3. The smallest absolute Gasteiger partial charge is 0.162 e. The minimum Gasteiger partial charge on any atom is -0.497 e. The van der Waals surface area contributed by atoms with Crippen molar-refractivity contribution in [1.82, 2.24) is 14.9 Å². The van der Waals surface area contributed by atoms with Crippen molar-refractivity contribution in [2.75, 3.05) is 58.4 Å². The Morgan fingerprint density at radius 1 is 1.08 bits per heavy atom. The monoisotopic (exact) mass is 513 g/mol. The first-order chi connectivity index (χ1) is 18.7. The largest absolute Gasteiger partial charge is 0.497 e. The number of aromatic nitrogens is 2. The number of morpholine rings is 1. The number of ether oxygens (including phenoxy) is 3. The van der Waals surface area contributed by atoms with E-state index < -0.39 is 0 Å². The van der Waals surface area contributed by atoms with Gasteiger partial charge in [-0.3, -0.25) is 9.89 Å². The van der Waals surface area contributed by atoms with E-state index in [4.69, 9.17) is 24.2 Å². The van der Waals surface area contributed by atoms with Crippen molar-refractivity contribution in [2.45, 2.75) is 31.7 Å². The van der Waals surface area contributed by atoms with E-state index >= 15 is 0 Å². The molecule has 1 atom stereocenters. The summed E-state index contributed by atoms with van der Waals surface area (Å²) in [6.07, 6.45) is 6.15. The molecule has 1 aliphatic carbocycles. The summed E-state index contributed by atoms with van der Waals surface area (Å²) in [7, 11) is 1.69. The van der Waals surface area contributed by atoms with E-state index in [0.717, 1.165) is 98.9 Å². The molecule has 8 nitrogen and oxygen atoms in total. The van der Waals surface area contributed by atoms with Gasteiger partial charge in [0, 0.05) is 42.8 Å². The van der Waals surface area contributed by atoms with E-state index in [2.05, 4.69) is 15.2 Å². The third-order valence-corrected chi connectivity index (χ3v) is 7.57. The Bertz CT molecular complexity index is 1350. The van der Waals surface area contributed by atoms with Gasteiger partial charge >= 0.3 is 0 Å². The van der Waals surface area contributed by atoms with Crippen molar-refractivity contribution in [3.8, 4) is 22.9 Å². The van der Waals surface area contributed by atoms with E-state index in [9.17, 15) is 0 Å². The highest BCUT2D eigenvalue weighted by molar-refractivity contribution is 5.92. The van der Waals surface area contributed by atoms with Crippen LogP contribution in [0.5, 0.6) is 11.5 Å². The highest BCUT2D eigenvalue weighted by Gasteiger charge is 2.23. The van der Waals surface area contributed by atoms with Gasteiger partial charge in [-0.15, -0.1) is 0 Å². The maximum atomic E-state index is 6.11. The van der Waals surface area contributed by atoms with Gasteiger partial charge in [-0.2, -0.15) is 0 Å². The lowest BCUT2D eigenvalue weighted by Gasteiger charge is -2.26.